The summed E-state index contributed by atoms with van der Waals surface area (Å²) in [6.07, 6.45) is 15.5. The van der Waals surface area contributed by atoms with Gasteiger partial charge in [-0.25, -0.2) is 0 Å². The van der Waals surface area contributed by atoms with Gasteiger partial charge < -0.3 is 24.8 Å². The van der Waals surface area contributed by atoms with E-state index in [9.17, 15) is 0 Å². The van der Waals surface area contributed by atoms with E-state index in [1.165, 1.54) is 12.8 Å². The van der Waals surface area contributed by atoms with Crippen molar-refractivity contribution in [2.75, 3.05) is 0 Å². The van der Waals surface area contributed by atoms with Gasteiger partial charge in [0.25, 0.3) is 0 Å². The molecule has 0 bridgehead atoms. The number of hydrogen-bond acceptors (Lipinski definition) is 0. The fourth-order valence-electron chi connectivity index (χ4n) is 1.78. The van der Waals surface area contributed by atoms with Crippen LogP contribution in [0, 0.1) is 11.8 Å². The topological polar surface area (TPSA) is 0 Å². The van der Waals surface area contributed by atoms with Gasteiger partial charge in [-0.15, -0.1) is 0 Å². The quantitative estimate of drug-likeness (QED) is 0.582. The Hall–Kier alpha value is 0.423. The standard InChI is InChI=1S/2C8H12.2ClH.Zr/c2*1-7(2)8-5-3-4-6-8;;;/h2*3-5,7H,6H2,1-2H3;2*1H;/q;;;;+2/p-2. The van der Waals surface area contributed by atoms with E-state index < -0.39 is 0 Å². The fourth-order valence-corrected chi connectivity index (χ4v) is 1.78. The first-order valence-electron chi connectivity index (χ1n) is 6.32. The third-order valence-electron chi connectivity index (χ3n) is 3.08. The predicted molar refractivity (Wildman–Crippen MR) is 73.4 cm³/mol. The number of rotatable bonds is 2. The summed E-state index contributed by atoms with van der Waals surface area (Å²) < 4.78 is 0. The Morgan fingerprint density at radius 1 is 0.737 bits per heavy atom. The van der Waals surface area contributed by atoms with Gasteiger partial charge in [0.2, 0.25) is 0 Å². The van der Waals surface area contributed by atoms with Crippen LogP contribution in [0.3, 0.4) is 0 Å². The molecule has 0 atom stereocenters. The molecule has 0 saturated carbocycles. The van der Waals surface area contributed by atoms with E-state index in [1.807, 2.05) is 0 Å². The first-order valence-corrected chi connectivity index (χ1v) is 6.32. The summed E-state index contributed by atoms with van der Waals surface area (Å²) in [7, 11) is 0. The summed E-state index contributed by atoms with van der Waals surface area (Å²) in [5, 5.41) is 0. The molecule has 19 heavy (non-hydrogen) atoms. The van der Waals surface area contributed by atoms with Crippen molar-refractivity contribution < 1.29 is 51.0 Å². The van der Waals surface area contributed by atoms with Crippen molar-refractivity contribution in [1.82, 2.24) is 0 Å². The molecule has 0 spiro atoms. The molecule has 0 unspecified atom stereocenters. The van der Waals surface area contributed by atoms with Crippen LogP contribution >= 0.6 is 0 Å². The average molecular weight is 378 g/mol. The Morgan fingerprint density at radius 2 is 1.05 bits per heavy atom. The van der Waals surface area contributed by atoms with Crippen LogP contribution in [0.4, 0.5) is 0 Å². The van der Waals surface area contributed by atoms with Crippen molar-refractivity contribution in [3.8, 4) is 0 Å². The Kier molecular flexibility index (Phi) is 17.2. The first kappa shape index (κ1) is 24.4. The van der Waals surface area contributed by atoms with E-state index in [0.717, 1.165) is 11.8 Å². The Labute approximate surface area is 150 Å². The summed E-state index contributed by atoms with van der Waals surface area (Å²) >= 11 is 0. The van der Waals surface area contributed by atoms with E-state index >= 15 is 0 Å². The molecule has 2 aliphatic carbocycles. The fraction of sp³-hybridized carbons (Fsp3) is 0.500. The van der Waals surface area contributed by atoms with Crippen LogP contribution in [-0.2, 0) is 26.2 Å². The molecule has 0 aromatic heterocycles. The molecule has 0 aromatic carbocycles. The largest absolute Gasteiger partial charge is 2.00 e. The molecular formula is C16H24Cl2Zr. The van der Waals surface area contributed by atoms with Crippen molar-refractivity contribution in [1.29, 1.82) is 0 Å². The summed E-state index contributed by atoms with van der Waals surface area (Å²) in [5.74, 6) is 1.48. The molecule has 0 aromatic rings. The van der Waals surface area contributed by atoms with Crippen molar-refractivity contribution in [2.45, 2.75) is 40.5 Å². The van der Waals surface area contributed by atoms with Crippen molar-refractivity contribution in [3.05, 3.63) is 47.6 Å². The number of allylic oxidation sites excluding steroid dienone is 8. The molecule has 0 amide bonds. The molecule has 2 aliphatic rings. The maximum Gasteiger partial charge on any atom is 2.00 e. The molecule has 106 valence electrons. The van der Waals surface area contributed by atoms with Crippen LogP contribution in [0.5, 0.6) is 0 Å². The molecule has 0 N–H and O–H groups in total. The SMILES string of the molecule is CC(C)C1=CC=CC1.CC(C)C1=CC=CC1.[Cl-].[Cl-].[Zr+2]. The van der Waals surface area contributed by atoms with Gasteiger partial charge in [-0.2, -0.15) is 0 Å². The second-order valence-electron chi connectivity index (χ2n) is 5.06. The van der Waals surface area contributed by atoms with Gasteiger partial charge in [-0.05, 0) is 24.7 Å². The second-order valence-corrected chi connectivity index (χ2v) is 5.06. The van der Waals surface area contributed by atoms with Crippen LogP contribution in [0.15, 0.2) is 47.6 Å². The molecule has 0 aliphatic heterocycles. The van der Waals surface area contributed by atoms with Crippen LogP contribution in [-0.4, -0.2) is 0 Å². The van der Waals surface area contributed by atoms with E-state index in [0.29, 0.717) is 0 Å². The van der Waals surface area contributed by atoms with Crippen molar-refractivity contribution >= 4 is 0 Å². The number of halogens is 2. The van der Waals surface area contributed by atoms with Crippen LogP contribution in [0.25, 0.3) is 0 Å². The second kappa shape index (κ2) is 13.4. The molecule has 0 heterocycles. The summed E-state index contributed by atoms with van der Waals surface area (Å²) in [6.45, 7) is 8.94. The smallest absolute Gasteiger partial charge is 1.00 e. The minimum absolute atomic E-state index is 0. The van der Waals surface area contributed by atoms with Gasteiger partial charge in [0, 0.05) is 0 Å². The van der Waals surface area contributed by atoms with Crippen LogP contribution in [0.2, 0.25) is 0 Å². The average Bonchev–Trinajstić information content (AvgIpc) is 2.93. The first-order chi connectivity index (χ1) is 7.61. The normalized spacial score (nSPS) is 14.8. The minimum Gasteiger partial charge on any atom is -1.00 e. The van der Waals surface area contributed by atoms with Crippen molar-refractivity contribution in [2.24, 2.45) is 11.8 Å². The van der Waals surface area contributed by atoms with Crippen LogP contribution < -0.4 is 24.8 Å². The predicted octanol–water partition coefficient (Wildman–Crippen LogP) is -0.937. The van der Waals surface area contributed by atoms with Gasteiger partial charge in [-0.3, -0.25) is 0 Å². The molecular weight excluding hydrogens is 354 g/mol. The molecule has 0 fully saturated rings. The van der Waals surface area contributed by atoms with Crippen LogP contribution in [0.1, 0.15) is 40.5 Å². The van der Waals surface area contributed by atoms with E-state index in [-0.39, 0.29) is 51.0 Å². The maximum absolute atomic E-state index is 2.23. The van der Waals surface area contributed by atoms with E-state index in [2.05, 4.69) is 64.2 Å². The monoisotopic (exact) mass is 376 g/mol. The van der Waals surface area contributed by atoms with E-state index in [4.69, 9.17) is 0 Å². The van der Waals surface area contributed by atoms with Gasteiger partial charge in [0.1, 0.15) is 0 Å². The third-order valence-corrected chi connectivity index (χ3v) is 3.08. The van der Waals surface area contributed by atoms with E-state index in [1.54, 1.807) is 11.1 Å². The Balaban J connectivity index is -0.000000233. The van der Waals surface area contributed by atoms with Gasteiger partial charge in [-0.1, -0.05) is 75.3 Å². The maximum atomic E-state index is 2.23. The van der Waals surface area contributed by atoms with Gasteiger partial charge >= 0.3 is 26.2 Å². The molecule has 0 saturated heterocycles. The summed E-state index contributed by atoms with van der Waals surface area (Å²) in [4.78, 5) is 0. The third kappa shape index (κ3) is 9.88. The molecule has 2 rings (SSSR count). The molecule has 0 radical (unpaired) electrons. The Morgan fingerprint density at radius 3 is 1.16 bits per heavy atom. The summed E-state index contributed by atoms with van der Waals surface area (Å²) in [6, 6.07) is 0. The number of hydrogen-bond donors (Lipinski definition) is 0. The minimum atomic E-state index is 0. The molecule has 0 nitrogen and oxygen atoms in total. The molecule has 3 heteroatoms. The zero-order valence-electron chi connectivity index (χ0n) is 12.3. The van der Waals surface area contributed by atoms with Gasteiger partial charge in [0.15, 0.2) is 0 Å². The zero-order valence-corrected chi connectivity index (χ0v) is 16.3. The van der Waals surface area contributed by atoms with Crippen molar-refractivity contribution in [3.63, 3.8) is 0 Å². The zero-order chi connectivity index (χ0) is 12.0. The summed E-state index contributed by atoms with van der Waals surface area (Å²) in [5.41, 5.74) is 3.12. The van der Waals surface area contributed by atoms with Gasteiger partial charge in [0.05, 0.1) is 0 Å². The Bertz CT molecular complexity index is 303.